The Morgan fingerprint density at radius 3 is 2.71 bits per heavy atom. The van der Waals surface area contributed by atoms with Gasteiger partial charge in [-0.15, -0.1) is 0 Å². The number of ether oxygens (including phenoxy) is 2. The van der Waals surface area contributed by atoms with Gasteiger partial charge in [0.1, 0.15) is 31.8 Å². The molecular formula is C10H10AgN3O6S. The molecule has 2 aromatic rings. The third-order valence-corrected chi connectivity index (χ3v) is 3.20. The summed E-state index contributed by atoms with van der Waals surface area (Å²) >= 11 is 0. The molecule has 2 rings (SSSR count). The van der Waals surface area contributed by atoms with E-state index in [9.17, 15) is 17.8 Å². The van der Waals surface area contributed by atoms with Gasteiger partial charge in [0.2, 0.25) is 0 Å². The molecular weight excluding hydrogens is 398 g/mol. The smallest absolute Gasteiger partial charge is 0.744 e. The molecule has 1 N–H and O–H groups in total. The molecule has 1 aromatic heterocycles. The monoisotopic (exact) mass is 407 g/mol. The zero-order valence-corrected chi connectivity index (χ0v) is 12.9. The van der Waals surface area contributed by atoms with E-state index in [4.69, 9.17) is 4.74 Å². The summed E-state index contributed by atoms with van der Waals surface area (Å²) in [7, 11) is -4.84. The van der Waals surface area contributed by atoms with Crippen LogP contribution in [0.3, 0.4) is 0 Å². The average molecular weight is 408 g/mol. The van der Waals surface area contributed by atoms with Gasteiger partial charge in [0.25, 0.3) is 0 Å². The molecule has 0 aliphatic rings. The van der Waals surface area contributed by atoms with Crippen LogP contribution in [0.5, 0.6) is 5.75 Å². The number of hydrogen-bond donors (Lipinski definition) is 1. The quantitative estimate of drug-likeness (QED) is 0.409. The first kappa shape index (κ1) is 17.6. The number of fused-ring (bicyclic) bond motifs is 1. The van der Waals surface area contributed by atoms with Crippen LogP contribution in [0.2, 0.25) is 0 Å². The van der Waals surface area contributed by atoms with E-state index in [1.54, 1.807) is 6.92 Å². The molecule has 0 spiro atoms. The summed E-state index contributed by atoms with van der Waals surface area (Å²) in [6.07, 6.45) is 0. The van der Waals surface area contributed by atoms with Crippen molar-refractivity contribution in [1.29, 1.82) is 0 Å². The van der Waals surface area contributed by atoms with E-state index in [0.29, 0.717) is 0 Å². The van der Waals surface area contributed by atoms with E-state index >= 15 is 0 Å². The first-order chi connectivity index (χ1) is 9.43. The Morgan fingerprint density at radius 1 is 1.38 bits per heavy atom. The fraction of sp³-hybridized carbons (Fsp3) is 0.300. The molecule has 1 heterocycles. The van der Waals surface area contributed by atoms with Gasteiger partial charge in [0.15, 0.2) is 6.61 Å². The van der Waals surface area contributed by atoms with Crippen molar-refractivity contribution in [3.8, 4) is 5.75 Å². The van der Waals surface area contributed by atoms with Crippen LogP contribution in [0.25, 0.3) is 11.0 Å². The number of aromatic nitrogens is 3. The van der Waals surface area contributed by atoms with Crippen molar-refractivity contribution in [2.75, 3.05) is 13.2 Å². The van der Waals surface area contributed by atoms with Crippen molar-refractivity contribution >= 4 is 27.1 Å². The fourth-order valence-electron chi connectivity index (χ4n) is 1.56. The molecule has 0 atom stereocenters. The Hall–Kier alpha value is -1.46. The number of carbonyl (C=O) groups is 1. The molecule has 0 saturated heterocycles. The van der Waals surface area contributed by atoms with Crippen molar-refractivity contribution < 1.29 is 49.6 Å². The Labute approximate surface area is 135 Å². The average Bonchev–Trinajstić information content (AvgIpc) is 2.82. The molecule has 0 saturated carbocycles. The van der Waals surface area contributed by atoms with Gasteiger partial charge in [-0.05, 0) is 19.1 Å². The summed E-state index contributed by atoms with van der Waals surface area (Å²) in [5.41, 5.74) is 0.0595. The van der Waals surface area contributed by atoms with Crippen LogP contribution in [0.4, 0.5) is 0 Å². The van der Waals surface area contributed by atoms with Crippen molar-refractivity contribution in [2.45, 2.75) is 11.8 Å². The maximum absolute atomic E-state index is 11.3. The summed E-state index contributed by atoms with van der Waals surface area (Å²) in [5, 5.41) is 9.48. The second-order valence-corrected chi connectivity index (χ2v) is 4.95. The number of nitrogens with one attached hydrogen (secondary N) is 1. The maximum atomic E-state index is 11.3. The van der Waals surface area contributed by atoms with Crippen molar-refractivity contribution in [1.82, 2.24) is 15.4 Å². The zero-order valence-electron chi connectivity index (χ0n) is 10.6. The number of rotatable bonds is 5. The number of aromatic amines is 1. The predicted octanol–water partition coefficient (Wildman–Crippen LogP) is -0.199. The summed E-state index contributed by atoms with van der Waals surface area (Å²) in [5.74, 6) is -0.948. The van der Waals surface area contributed by atoms with Crippen molar-refractivity contribution in [3.05, 3.63) is 12.1 Å². The molecule has 9 nitrogen and oxygen atoms in total. The molecule has 0 unspecified atom stereocenters. The van der Waals surface area contributed by atoms with E-state index in [1.807, 2.05) is 0 Å². The number of carbonyl (C=O) groups excluding carboxylic acids is 1. The van der Waals surface area contributed by atoms with Crippen LogP contribution in [0, 0.1) is 0 Å². The Kier molecular flexibility index (Phi) is 5.87. The number of nitrogens with zero attached hydrogens (tertiary/aromatic N) is 2. The molecule has 0 aliphatic heterocycles. The molecule has 11 heteroatoms. The van der Waals surface area contributed by atoms with Gasteiger partial charge in [0.05, 0.1) is 6.61 Å². The number of esters is 1. The van der Waals surface area contributed by atoms with Crippen LogP contribution < -0.4 is 4.74 Å². The van der Waals surface area contributed by atoms with E-state index in [1.165, 1.54) is 12.1 Å². The van der Waals surface area contributed by atoms with Crippen LogP contribution in [-0.4, -0.2) is 47.6 Å². The molecule has 21 heavy (non-hydrogen) atoms. The Balaban J connectivity index is 0.00000220. The molecule has 1 aromatic carbocycles. The maximum Gasteiger partial charge on any atom is 1.00 e. The normalized spacial score (nSPS) is 11.0. The molecule has 0 bridgehead atoms. The first-order valence-corrected chi connectivity index (χ1v) is 6.92. The van der Waals surface area contributed by atoms with Gasteiger partial charge in [-0.1, -0.05) is 0 Å². The van der Waals surface area contributed by atoms with Gasteiger partial charge < -0.3 is 14.0 Å². The van der Waals surface area contributed by atoms with E-state index < -0.39 is 27.6 Å². The standard InChI is InChI=1S/C10H11N3O6S.Ag/c1-2-18-8(14)5-19-7-4-3-6-9(12-13-11-6)10(7)20(15,16)17;/h3-4H,2,5H2,1H3,(H,11,12,13)(H,15,16,17);/q;+1/p-1. The van der Waals surface area contributed by atoms with Gasteiger partial charge >= 0.3 is 28.3 Å². The molecule has 0 amide bonds. The SMILES string of the molecule is CCOC(=O)COc1ccc2n[nH]nc2c1S(=O)(=O)[O-].[Ag+]. The van der Waals surface area contributed by atoms with Gasteiger partial charge in [0, 0.05) is 0 Å². The summed E-state index contributed by atoms with van der Waals surface area (Å²) in [6, 6.07) is 2.64. The van der Waals surface area contributed by atoms with Crippen molar-refractivity contribution in [2.24, 2.45) is 0 Å². The summed E-state index contributed by atoms with van der Waals surface area (Å²) in [6.45, 7) is 1.27. The topological polar surface area (TPSA) is 134 Å². The Bertz CT molecular complexity index is 744. The van der Waals surface area contributed by atoms with Gasteiger partial charge in [-0.2, -0.15) is 15.4 Å². The second-order valence-electron chi connectivity index (χ2n) is 3.63. The number of H-pyrrole nitrogens is 1. The molecule has 118 valence electrons. The van der Waals surface area contributed by atoms with Gasteiger partial charge in [-0.25, -0.2) is 13.2 Å². The largest absolute Gasteiger partial charge is 1.00 e. The van der Waals surface area contributed by atoms with Crippen LogP contribution in [-0.2, 0) is 42.0 Å². The number of hydrogen-bond acceptors (Lipinski definition) is 8. The van der Waals surface area contributed by atoms with Crippen LogP contribution in [0.15, 0.2) is 17.0 Å². The number of benzene rings is 1. The second kappa shape index (κ2) is 7.00. The fourth-order valence-corrected chi connectivity index (χ4v) is 2.32. The van der Waals surface area contributed by atoms with E-state index in [2.05, 4.69) is 20.1 Å². The zero-order chi connectivity index (χ0) is 14.8. The third-order valence-electron chi connectivity index (χ3n) is 2.31. The van der Waals surface area contributed by atoms with Gasteiger partial charge in [-0.3, -0.25) is 0 Å². The molecule has 0 aliphatic carbocycles. The minimum atomic E-state index is -4.84. The predicted molar refractivity (Wildman–Crippen MR) is 64.0 cm³/mol. The minimum Gasteiger partial charge on any atom is -0.744 e. The molecule has 0 fully saturated rings. The summed E-state index contributed by atoms with van der Waals surface area (Å²) < 4.78 is 43.6. The van der Waals surface area contributed by atoms with E-state index in [-0.39, 0.29) is 45.8 Å². The molecule has 0 radical (unpaired) electrons. The minimum absolute atomic E-state index is 0. The first-order valence-electron chi connectivity index (χ1n) is 5.51. The Morgan fingerprint density at radius 2 is 2.10 bits per heavy atom. The third kappa shape index (κ3) is 4.02. The van der Waals surface area contributed by atoms with Crippen LogP contribution >= 0.6 is 0 Å². The van der Waals surface area contributed by atoms with Crippen molar-refractivity contribution in [3.63, 3.8) is 0 Å². The summed E-state index contributed by atoms with van der Waals surface area (Å²) in [4.78, 5) is 10.5. The van der Waals surface area contributed by atoms with Crippen LogP contribution in [0.1, 0.15) is 6.92 Å². The van der Waals surface area contributed by atoms with E-state index in [0.717, 1.165) is 0 Å².